The van der Waals surface area contributed by atoms with Crippen LogP contribution in [-0.4, -0.2) is 35.7 Å². The maximum absolute atomic E-state index is 10.2. The summed E-state index contributed by atoms with van der Waals surface area (Å²) in [5, 5.41) is 16.7. The van der Waals surface area contributed by atoms with Crippen molar-refractivity contribution >= 4 is 29.9 Å². The second-order valence-electron chi connectivity index (χ2n) is 5.77. The molecule has 6 nitrogen and oxygen atoms in total. The molecule has 2 aromatic rings. The van der Waals surface area contributed by atoms with Gasteiger partial charge in [0.25, 0.3) is 0 Å². The van der Waals surface area contributed by atoms with E-state index in [1.165, 1.54) is 0 Å². The molecule has 0 fully saturated rings. The Balaban J connectivity index is 0.00000364. The monoisotopic (exact) mass is 484 g/mol. The van der Waals surface area contributed by atoms with Gasteiger partial charge >= 0.3 is 0 Å². The molecule has 1 aromatic carbocycles. The van der Waals surface area contributed by atoms with Crippen molar-refractivity contribution < 1.29 is 9.84 Å². The minimum atomic E-state index is -0.486. The number of guanidine groups is 1. The fourth-order valence-corrected chi connectivity index (χ4v) is 2.46. The van der Waals surface area contributed by atoms with Gasteiger partial charge in [0, 0.05) is 25.4 Å². The van der Waals surface area contributed by atoms with Crippen LogP contribution >= 0.6 is 24.0 Å². The first-order valence-electron chi connectivity index (χ1n) is 9.05. The molecule has 0 radical (unpaired) electrons. The SMILES string of the molecule is CCNC(=NCc1ccnc(OCC)c1)NCCC(O)c1ccccc1.I. The molecule has 1 aromatic heterocycles. The molecule has 0 bridgehead atoms. The third kappa shape index (κ3) is 8.57. The van der Waals surface area contributed by atoms with Crippen molar-refractivity contribution in [3.8, 4) is 5.88 Å². The van der Waals surface area contributed by atoms with Crippen molar-refractivity contribution in [3.05, 3.63) is 59.8 Å². The second-order valence-corrected chi connectivity index (χ2v) is 5.77. The number of hydrogen-bond donors (Lipinski definition) is 3. The lowest BCUT2D eigenvalue weighted by Crippen LogP contribution is -2.38. The predicted molar refractivity (Wildman–Crippen MR) is 120 cm³/mol. The van der Waals surface area contributed by atoms with E-state index in [2.05, 4.69) is 20.6 Å². The predicted octanol–water partition coefficient (Wildman–Crippen LogP) is 3.28. The quantitative estimate of drug-likeness (QED) is 0.289. The molecule has 0 saturated heterocycles. The molecular weight excluding hydrogens is 455 g/mol. The van der Waals surface area contributed by atoms with Crippen LogP contribution in [0, 0.1) is 0 Å². The number of halogens is 1. The lowest BCUT2D eigenvalue weighted by atomic mass is 10.1. The molecule has 0 saturated carbocycles. The number of aliphatic hydroxyl groups is 1. The van der Waals surface area contributed by atoms with Gasteiger partial charge in [0.15, 0.2) is 5.96 Å². The van der Waals surface area contributed by atoms with Gasteiger partial charge in [-0.15, -0.1) is 24.0 Å². The second kappa shape index (κ2) is 13.3. The number of hydrogen-bond acceptors (Lipinski definition) is 4. The fourth-order valence-electron chi connectivity index (χ4n) is 2.46. The van der Waals surface area contributed by atoms with E-state index in [9.17, 15) is 5.11 Å². The lowest BCUT2D eigenvalue weighted by Gasteiger charge is -2.14. The molecular formula is C20H29IN4O2. The van der Waals surface area contributed by atoms with Crippen molar-refractivity contribution in [3.63, 3.8) is 0 Å². The molecule has 2 rings (SSSR count). The number of aliphatic imine (C=N–C) groups is 1. The van der Waals surface area contributed by atoms with Crippen LogP contribution in [0.5, 0.6) is 5.88 Å². The number of pyridine rings is 1. The standard InChI is InChI=1S/C20H28N4O2.HI/c1-3-21-20(23-13-11-18(25)17-8-6-5-7-9-17)24-15-16-10-12-22-19(14-16)26-4-2;/h5-10,12,14,18,25H,3-4,11,13,15H2,1-2H3,(H2,21,23,24);1H. The Morgan fingerprint density at radius 1 is 1.19 bits per heavy atom. The summed E-state index contributed by atoms with van der Waals surface area (Å²) in [6.07, 6.45) is 1.85. The van der Waals surface area contributed by atoms with Crippen LogP contribution in [0.25, 0.3) is 0 Å². The van der Waals surface area contributed by atoms with E-state index in [0.717, 1.165) is 23.6 Å². The molecule has 0 aliphatic rings. The minimum Gasteiger partial charge on any atom is -0.478 e. The van der Waals surface area contributed by atoms with E-state index in [-0.39, 0.29) is 24.0 Å². The zero-order chi connectivity index (χ0) is 18.6. The van der Waals surface area contributed by atoms with Crippen molar-refractivity contribution in [2.75, 3.05) is 19.7 Å². The van der Waals surface area contributed by atoms with Crippen LogP contribution in [-0.2, 0) is 6.54 Å². The fraction of sp³-hybridized carbons (Fsp3) is 0.400. The number of nitrogens with one attached hydrogen (secondary N) is 2. The average molecular weight is 484 g/mol. The molecule has 0 amide bonds. The Hall–Kier alpha value is -1.87. The first kappa shape index (κ1) is 23.2. The van der Waals surface area contributed by atoms with Gasteiger partial charge in [0.1, 0.15) is 0 Å². The number of rotatable bonds is 9. The topological polar surface area (TPSA) is 78.8 Å². The van der Waals surface area contributed by atoms with E-state index in [1.54, 1.807) is 6.20 Å². The van der Waals surface area contributed by atoms with E-state index in [1.807, 2.05) is 56.3 Å². The molecule has 1 unspecified atom stereocenters. The normalized spacial score (nSPS) is 12.0. The van der Waals surface area contributed by atoms with Gasteiger partial charge in [0.05, 0.1) is 19.3 Å². The van der Waals surface area contributed by atoms with E-state index in [4.69, 9.17) is 4.74 Å². The van der Waals surface area contributed by atoms with Gasteiger partial charge in [-0.3, -0.25) is 0 Å². The molecule has 0 spiro atoms. The molecule has 0 aliphatic heterocycles. The summed E-state index contributed by atoms with van der Waals surface area (Å²) in [4.78, 5) is 8.74. The third-order valence-electron chi connectivity index (χ3n) is 3.75. The molecule has 7 heteroatoms. The molecule has 3 N–H and O–H groups in total. The Morgan fingerprint density at radius 2 is 1.96 bits per heavy atom. The molecule has 1 heterocycles. The van der Waals surface area contributed by atoms with Gasteiger partial charge in [0.2, 0.25) is 5.88 Å². The highest BCUT2D eigenvalue weighted by atomic mass is 127. The van der Waals surface area contributed by atoms with E-state index < -0.39 is 6.10 Å². The number of ether oxygens (including phenoxy) is 1. The zero-order valence-corrected chi connectivity index (χ0v) is 18.2. The smallest absolute Gasteiger partial charge is 0.213 e. The summed E-state index contributed by atoms with van der Waals surface area (Å²) in [7, 11) is 0. The lowest BCUT2D eigenvalue weighted by molar-refractivity contribution is 0.168. The first-order chi connectivity index (χ1) is 12.7. The van der Waals surface area contributed by atoms with E-state index >= 15 is 0 Å². The third-order valence-corrected chi connectivity index (χ3v) is 3.75. The van der Waals surface area contributed by atoms with Gasteiger partial charge in [-0.25, -0.2) is 9.98 Å². The number of aromatic nitrogens is 1. The van der Waals surface area contributed by atoms with Crippen LogP contribution in [0.15, 0.2) is 53.7 Å². The number of aliphatic hydroxyl groups excluding tert-OH is 1. The maximum Gasteiger partial charge on any atom is 0.213 e. The summed E-state index contributed by atoms with van der Waals surface area (Å²) in [5.41, 5.74) is 1.96. The van der Waals surface area contributed by atoms with Crippen molar-refractivity contribution in [2.45, 2.75) is 32.9 Å². The van der Waals surface area contributed by atoms with Crippen LogP contribution < -0.4 is 15.4 Å². The van der Waals surface area contributed by atoms with Gasteiger partial charge in [-0.05, 0) is 37.5 Å². The largest absolute Gasteiger partial charge is 0.478 e. The Kier molecular flexibility index (Phi) is 11.4. The average Bonchev–Trinajstić information content (AvgIpc) is 2.67. The minimum absolute atomic E-state index is 0. The highest BCUT2D eigenvalue weighted by molar-refractivity contribution is 14.0. The van der Waals surface area contributed by atoms with Crippen LogP contribution in [0.2, 0.25) is 0 Å². The summed E-state index contributed by atoms with van der Waals surface area (Å²) in [6.45, 7) is 6.47. The van der Waals surface area contributed by atoms with Crippen LogP contribution in [0.1, 0.15) is 37.5 Å². The summed E-state index contributed by atoms with van der Waals surface area (Å²) in [5.74, 6) is 1.34. The van der Waals surface area contributed by atoms with Crippen LogP contribution in [0.3, 0.4) is 0 Å². The molecule has 0 aliphatic carbocycles. The van der Waals surface area contributed by atoms with Crippen molar-refractivity contribution in [2.24, 2.45) is 4.99 Å². The number of nitrogens with zero attached hydrogens (tertiary/aromatic N) is 2. The van der Waals surface area contributed by atoms with Gasteiger partial charge < -0.3 is 20.5 Å². The van der Waals surface area contributed by atoms with Gasteiger partial charge in [-0.2, -0.15) is 0 Å². The first-order valence-corrected chi connectivity index (χ1v) is 9.05. The summed E-state index contributed by atoms with van der Waals surface area (Å²) < 4.78 is 5.42. The van der Waals surface area contributed by atoms with Crippen molar-refractivity contribution in [1.29, 1.82) is 0 Å². The summed E-state index contributed by atoms with van der Waals surface area (Å²) in [6, 6.07) is 13.5. The Bertz CT molecular complexity index is 683. The van der Waals surface area contributed by atoms with E-state index in [0.29, 0.717) is 32.0 Å². The Morgan fingerprint density at radius 3 is 2.67 bits per heavy atom. The number of benzene rings is 1. The Labute approximate surface area is 178 Å². The zero-order valence-electron chi connectivity index (χ0n) is 15.9. The summed E-state index contributed by atoms with van der Waals surface area (Å²) >= 11 is 0. The molecule has 148 valence electrons. The van der Waals surface area contributed by atoms with Gasteiger partial charge in [-0.1, -0.05) is 30.3 Å². The highest BCUT2D eigenvalue weighted by Crippen LogP contribution is 2.15. The molecule has 27 heavy (non-hydrogen) atoms. The highest BCUT2D eigenvalue weighted by Gasteiger charge is 2.07. The van der Waals surface area contributed by atoms with Crippen LogP contribution in [0.4, 0.5) is 0 Å². The maximum atomic E-state index is 10.2. The molecule has 1 atom stereocenters. The van der Waals surface area contributed by atoms with Crippen molar-refractivity contribution in [1.82, 2.24) is 15.6 Å².